The molecule has 0 aromatic heterocycles. The van der Waals surface area contributed by atoms with Gasteiger partial charge in [0.25, 0.3) is 0 Å². The zero-order valence-corrected chi connectivity index (χ0v) is 11.0. The Hall–Kier alpha value is -1.45. The molecule has 2 aromatic carbocycles. The van der Waals surface area contributed by atoms with E-state index in [0.717, 1.165) is 15.4 Å². The fraction of sp³-hybridized carbons (Fsp3) is 0.0714. The predicted molar refractivity (Wildman–Crippen MR) is 73.4 cm³/mol. The summed E-state index contributed by atoms with van der Waals surface area (Å²) < 4.78 is 0. The van der Waals surface area contributed by atoms with Gasteiger partial charge in [-0.3, -0.25) is 4.79 Å². The zero-order valence-electron chi connectivity index (χ0n) is 9.47. The third-order valence-corrected chi connectivity index (χ3v) is 3.70. The lowest BCUT2D eigenvalue weighted by molar-refractivity contribution is -0.136. The number of carbonyl (C=O) groups is 1. The van der Waals surface area contributed by atoms with Crippen LogP contribution in [0.2, 0.25) is 5.02 Å². The maximum absolute atomic E-state index is 10.8. The van der Waals surface area contributed by atoms with E-state index in [1.54, 1.807) is 23.9 Å². The number of hydrogen-bond donors (Lipinski definition) is 1. The van der Waals surface area contributed by atoms with Gasteiger partial charge in [-0.1, -0.05) is 41.6 Å². The first kappa shape index (κ1) is 13.0. The van der Waals surface area contributed by atoms with Crippen molar-refractivity contribution in [1.29, 1.82) is 0 Å². The van der Waals surface area contributed by atoms with Crippen LogP contribution in [0.3, 0.4) is 0 Å². The van der Waals surface area contributed by atoms with Gasteiger partial charge in [-0.15, -0.1) is 0 Å². The molecular weight excluding hydrogens is 268 g/mol. The normalized spacial score (nSPS) is 10.3. The molecule has 18 heavy (non-hydrogen) atoms. The molecule has 0 fully saturated rings. The number of carboxylic acids is 1. The van der Waals surface area contributed by atoms with Crippen molar-refractivity contribution in [3.8, 4) is 0 Å². The Labute approximate surface area is 115 Å². The van der Waals surface area contributed by atoms with Crippen LogP contribution in [0.4, 0.5) is 0 Å². The second-order valence-electron chi connectivity index (χ2n) is 3.74. The van der Waals surface area contributed by atoms with E-state index in [1.165, 1.54) is 0 Å². The first-order valence-electron chi connectivity index (χ1n) is 5.38. The van der Waals surface area contributed by atoms with E-state index < -0.39 is 5.97 Å². The fourth-order valence-electron chi connectivity index (χ4n) is 1.56. The second-order valence-corrected chi connectivity index (χ2v) is 5.29. The summed E-state index contributed by atoms with van der Waals surface area (Å²) in [7, 11) is 0. The molecule has 2 nitrogen and oxygen atoms in total. The van der Waals surface area contributed by atoms with Gasteiger partial charge in [0.2, 0.25) is 0 Å². The lowest BCUT2D eigenvalue weighted by Gasteiger charge is -2.08. The Morgan fingerprint density at radius 2 is 1.89 bits per heavy atom. The maximum Gasteiger partial charge on any atom is 0.307 e. The second kappa shape index (κ2) is 5.94. The summed E-state index contributed by atoms with van der Waals surface area (Å²) in [6.07, 6.45) is -0.0181. The first-order chi connectivity index (χ1) is 8.65. The molecule has 2 aromatic rings. The van der Waals surface area contributed by atoms with E-state index in [1.807, 2.05) is 36.4 Å². The zero-order chi connectivity index (χ0) is 13.0. The maximum atomic E-state index is 10.8. The van der Waals surface area contributed by atoms with Crippen LogP contribution < -0.4 is 0 Å². The van der Waals surface area contributed by atoms with Crippen LogP contribution in [0.15, 0.2) is 58.3 Å². The van der Waals surface area contributed by atoms with Gasteiger partial charge in [0.1, 0.15) is 0 Å². The molecule has 0 amide bonds. The summed E-state index contributed by atoms with van der Waals surface area (Å²) in [5.41, 5.74) is 0.740. The summed E-state index contributed by atoms with van der Waals surface area (Å²) in [4.78, 5) is 12.8. The Morgan fingerprint density at radius 1 is 1.17 bits per heavy atom. The summed E-state index contributed by atoms with van der Waals surface area (Å²) in [6, 6.07) is 15.2. The topological polar surface area (TPSA) is 37.3 Å². The van der Waals surface area contributed by atoms with Crippen molar-refractivity contribution in [2.45, 2.75) is 16.2 Å². The van der Waals surface area contributed by atoms with Gasteiger partial charge in [-0.05, 0) is 35.9 Å². The van der Waals surface area contributed by atoms with Gasteiger partial charge in [0, 0.05) is 14.8 Å². The lowest BCUT2D eigenvalue weighted by atomic mass is 10.1. The molecule has 0 radical (unpaired) electrons. The Kier molecular flexibility index (Phi) is 4.28. The smallest absolute Gasteiger partial charge is 0.307 e. The number of hydrogen-bond acceptors (Lipinski definition) is 2. The average Bonchev–Trinajstić information content (AvgIpc) is 2.33. The molecule has 0 spiro atoms. The molecule has 92 valence electrons. The minimum atomic E-state index is -0.854. The largest absolute Gasteiger partial charge is 0.481 e. The minimum Gasteiger partial charge on any atom is -0.481 e. The van der Waals surface area contributed by atoms with Crippen molar-refractivity contribution in [1.82, 2.24) is 0 Å². The Bertz CT molecular complexity index is 555. The van der Waals surface area contributed by atoms with Crippen LogP contribution in [0.25, 0.3) is 0 Å². The molecule has 0 aliphatic rings. The van der Waals surface area contributed by atoms with Crippen molar-refractivity contribution >= 4 is 29.3 Å². The third kappa shape index (κ3) is 3.52. The number of carboxylic acid groups (broad SMARTS) is 1. The highest BCUT2D eigenvalue weighted by molar-refractivity contribution is 7.99. The lowest BCUT2D eigenvalue weighted by Crippen LogP contribution is -2.01. The van der Waals surface area contributed by atoms with Gasteiger partial charge < -0.3 is 5.11 Å². The molecule has 0 heterocycles. The molecule has 0 unspecified atom stereocenters. The summed E-state index contributed by atoms with van der Waals surface area (Å²) in [6.45, 7) is 0. The quantitative estimate of drug-likeness (QED) is 0.914. The molecule has 1 N–H and O–H groups in total. The molecule has 0 saturated heterocycles. The molecule has 0 aliphatic heterocycles. The minimum absolute atomic E-state index is 0.0181. The van der Waals surface area contributed by atoms with E-state index >= 15 is 0 Å². The van der Waals surface area contributed by atoms with Crippen molar-refractivity contribution in [3.05, 3.63) is 59.1 Å². The van der Waals surface area contributed by atoms with E-state index in [0.29, 0.717) is 5.02 Å². The Morgan fingerprint density at radius 3 is 2.56 bits per heavy atom. The highest BCUT2D eigenvalue weighted by atomic mass is 35.5. The Balaban J connectivity index is 2.29. The number of halogens is 1. The van der Waals surface area contributed by atoms with E-state index in [4.69, 9.17) is 16.7 Å². The highest BCUT2D eigenvalue weighted by Gasteiger charge is 2.09. The van der Waals surface area contributed by atoms with Crippen LogP contribution in [0.1, 0.15) is 5.56 Å². The first-order valence-corrected chi connectivity index (χ1v) is 6.58. The van der Waals surface area contributed by atoms with E-state index in [9.17, 15) is 4.79 Å². The van der Waals surface area contributed by atoms with Crippen LogP contribution in [-0.2, 0) is 11.2 Å². The van der Waals surface area contributed by atoms with Crippen molar-refractivity contribution in [2.24, 2.45) is 0 Å². The molecule has 0 bridgehead atoms. The van der Waals surface area contributed by atoms with Gasteiger partial charge in [0.05, 0.1) is 6.42 Å². The third-order valence-electron chi connectivity index (χ3n) is 2.34. The fourth-order valence-corrected chi connectivity index (χ4v) is 2.70. The van der Waals surface area contributed by atoms with Crippen molar-refractivity contribution < 1.29 is 9.90 Å². The molecule has 0 saturated carbocycles. The molecule has 2 rings (SSSR count). The van der Waals surface area contributed by atoms with Gasteiger partial charge in [-0.2, -0.15) is 0 Å². The van der Waals surface area contributed by atoms with Crippen LogP contribution in [0, 0.1) is 0 Å². The molecule has 4 heteroatoms. The summed E-state index contributed by atoms with van der Waals surface area (Å²) in [5, 5.41) is 9.45. The predicted octanol–water partition coefficient (Wildman–Crippen LogP) is 4.12. The number of aliphatic carboxylic acids is 1. The van der Waals surface area contributed by atoms with Crippen molar-refractivity contribution in [3.63, 3.8) is 0 Å². The molecular formula is C14H11ClO2S. The number of benzene rings is 2. The van der Waals surface area contributed by atoms with E-state index in [-0.39, 0.29) is 6.42 Å². The summed E-state index contributed by atoms with van der Waals surface area (Å²) >= 11 is 7.44. The van der Waals surface area contributed by atoms with Crippen LogP contribution in [-0.4, -0.2) is 11.1 Å². The van der Waals surface area contributed by atoms with Crippen LogP contribution in [0.5, 0.6) is 0 Å². The van der Waals surface area contributed by atoms with Gasteiger partial charge >= 0.3 is 5.97 Å². The standard InChI is InChI=1S/C14H11ClO2S/c15-11-6-7-13(10(8-11)9-14(16)17)18-12-4-2-1-3-5-12/h1-8H,9H2,(H,16,17). The summed E-state index contributed by atoms with van der Waals surface area (Å²) in [5.74, 6) is -0.854. The average molecular weight is 279 g/mol. The molecule has 0 aliphatic carbocycles. The highest BCUT2D eigenvalue weighted by Crippen LogP contribution is 2.32. The van der Waals surface area contributed by atoms with Gasteiger partial charge in [-0.25, -0.2) is 0 Å². The van der Waals surface area contributed by atoms with Crippen molar-refractivity contribution in [2.75, 3.05) is 0 Å². The number of rotatable bonds is 4. The van der Waals surface area contributed by atoms with Crippen LogP contribution >= 0.6 is 23.4 Å². The van der Waals surface area contributed by atoms with Gasteiger partial charge in [0.15, 0.2) is 0 Å². The van der Waals surface area contributed by atoms with E-state index in [2.05, 4.69) is 0 Å². The molecule has 0 atom stereocenters. The SMILES string of the molecule is O=C(O)Cc1cc(Cl)ccc1Sc1ccccc1. The monoisotopic (exact) mass is 278 g/mol.